The highest BCUT2D eigenvalue weighted by molar-refractivity contribution is 6.29. The fourth-order valence-corrected chi connectivity index (χ4v) is 2.61. The van der Waals surface area contributed by atoms with E-state index in [1.54, 1.807) is 18.3 Å². The van der Waals surface area contributed by atoms with Crippen LogP contribution in [-0.4, -0.2) is 30.1 Å². The molecule has 0 spiro atoms. The van der Waals surface area contributed by atoms with Gasteiger partial charge in [-0.3, -0.25) is 4.79 Å². The molecule has 1 N–H and O–H groups in total. The van der Waals surface area contributed by atoms with Gasteiger partial charge in [-0.2, -0.15) is 0 Å². The first kappa shape index (κ1) is 15.3. The third-order valence-electron chi connectivity index (χ3n) is 3.71. The molecule has 1 aromatic heterocycles. The fraction of sp³-hybridized carbons (Fsp3) is 0.600. The van der Waals surface area contributed by atoms with Crippen LogP contribution in [0.15, 0.2) is 18.3 Å². The van der Waals surface area contributed by atoms with Crippen molar-refractivity contribution in [2.24, 2.45) is 11.8 Å². The van der Waals surface area contributed by atoms with Crippen LogP contribution in [0.4, 0.5) is 0 Å². The summed E-state index contributed by atoms with van der Waals surface area (Å²) in [5, 5.41) is 3.31. The molecule has 1 aromatic rings. The number of hydrogen-bond donors (Lipinski definition) is 1. The second-order valence-electron chi connectivity index (χ2n) is 5.62. The maximum absolute atomic E-state index is 12.0. The van der Waals surface area contributed by atoms with Gasteiger partial charge in [0.25, 0.3) is 5.91 Å². The molecule has 0 aliphatic carbocycles. The Kier molecular flexibility index (Phi) is 5.38. The molecule has 0 bridgehead atoms. The van der Waals surface area contributed by atoms with Crippen LogP contribution in [0.5, 0.6) is 0 Å². The molecule has 2 rings (SSSR count). The average molecular weight is 297 g/mol. The molecule has 5 heteroatoms. The molecule has 0 aromatic carbocycles. The number of carbonyl (C=O) groups excluding carboxylic acids is 1. The van der Waals surface area contributed by atoms with Gasteiger partial charge >= 0.3 is 0 Å². The molecule has 1 aliphatic heterocycles. The lowest BCUT2D eigenvalue weighted by atomic mass is 9.90. The number of rotatable bonds is 4. The third-order valence-corrected chi connectivity index (χ3v) is 3.91. The number of amides is 1. The molecule has 110 valence electrons. The average Bonchev–Trinajstić information content (AvgIpc) is 2.45. The summed E-state index contributed by atoms with van der Waals surface area (Å²) in [4.78, 5) is 15.9. The van der Waals surface area contributed by atoms with Crippen LogP contribution >= 0.6 is 11.6 Å². The highest BCUT2D eigenvalue weighted by Gasteiger charge is 2.25. The molecule has 1 amide bonds. The molecule has 0 saturated carbocycles. The Morgan fingerprint density at radius 1 is 1.60 bits per heavy atom. The first-order valence-electron chi connectivity index (χ1n) is 7.07. The maximum atomic E-state index is 12.0. The fourth-order valence-electron chi connectivity index (χ4n) is 2.43. The normalized spacial score (nSPS) is 22.8. The van der Waals surface area contributed by atoms with Crippen molar-refractivity contribution in [3.63, 3.8) is 0 Å². The quantitative estimate of drug-likeness (QED) is 0.869. The zero-order valence-electron chi connectivity index (χ0n) is 11.9. The summed E-state index contributed by atoms with van der Waals surface area (Å²) in [5.41, 5.74) is 0.553. The number of ether oxygens (including phenoxy) is 1. The molecule has 1 fully saturated rings. The van der Waals surface area contributed by atoms with Crippen LogP contribution in [0.2, 0.25) is 5.15 Å². The number of halogens is 1. The predicted octanol–water partition coefficient (Wildman–Crippen LogP) is 2.92. The lowest BCUT2D eigenvalue weighted by Gasteiger charge is -2.32. The van der Waals surface area contributed by atoms with Gasteiger partial charge in [-0.05, 0) is 36.8 Å². The Balaban J connectivity index is 1.84. The van der Waals surface area contributed by atoms with Crippen LogP contribution in [0.1, 0.15) is 37.0 Å². The van der Waals surface area contributed by atoms with Crippen LogP contribution in [0.25, 0.3) is 0 Å². The summed E-state index contributed by atoms with van der Waals surface area (Å²) in [6.07, 6.45) is 3.86. The topological polar surface area (TPSA) is 51.2 Å². The lowest BCUT2D eigenvalue weighted by molar-refractivity contribution is -0.0333. The minimum absolute atomic E-state index is 0.0955. The van der Waals surface area contributed by atoms with Gasteiger partial charge in [0.1, 0.15) is 5.15 Å². The highest BCUT2D eigenvalue weighted by Crippen LogP contribution is 2.24. The van der Waals surface area contributed by atoms with E-state index in [1.165, 1.54) is 0 Å². The van der Waals surface area contributed by atoms with Crippen molar-refractivity contribution in [3.05, 3.63) is 29.0 Å². The molecule has 2 atom stereocenters. The summed E-state index contributed by atoms with van der Waals surface area (Å²) < 4.78 is 5.74. The predicted molar refractivity (Wildman–Crippen MR) is 78.9 cm³/mol. The van der Waals surface area contributed by atoms with Gasteiger partial charge in [0.15, 0.2) is 0 Å². The van der Waals surface area contributed by atoms with E-state index in [0.717, 1.165) is 19.4 Å². The Morgan fingerprint density at radius 3 is 3.10 bits per heavy atom. The maximum Gasteiger partial charge on any atom is 0.251 e. The Labute approximate surface area is 124 Å². The van der Waals surface area contributed by atoms with E-state index in [1.807, 2.05) is 0 Å². The van der Waals surface area contributed by atoms with Crippen molar-refractivity contribution in [3.8, 4) is 0 Å². The molecule has 2 heterocycles. The summed E-state index contributed by atoms with van der Waals surface area (Å²) in [7, 11) is 0. The second kappa shape index (κ2) is 7.04. The molecule has 20 heavy (non-hydrogen) atoms. The van der Waals surface area contributed by atoms with Crippen molar-refractivity contribution in [1.82, 2.24) is 10.3 Å². The van der Waals surface area contributed by atoms with E-state index in [4.69, 9.17) is 16.3 Å². The molecular formula is C15H21ClN2O2. The van der Waals surface area contributed by atoms with Crippen LogP contribution < -0.4 is 5.32 Å². The van der Waals surface area contributed by atoms with E-state index in [-0.39, 0.29) is 5.91 Å². The molecule has 0 radical (unpaired) electrons. The number of nitrogens with zero attached hydrogens (tertiary/aromatic N) is 1. The van der Waals surface area contributed by atoms with Crippen LogP contribution in [-0.2, 0) is 4.74 Å². The summed E-state index contributed by atoms with van der Waals surface area (Å²) >= 11 is 5.78. The highest BCUT2D eigenvalue weighted by atomic mass is 35.5. The minimum atomic E-state index is -0.0955. The van der Waals surface area contributed by atoms with Gasteiger partial charge in [0, 0.05) is 24.9 Å². The van der Waals surface area contributed by atoms with Crippen LogP contribution in [0.3, 0.4) is 0 Å². The van der Waals surface area contributed by atoms with Gasteiger partial charge in [0.2, 0.25) is 0 Å². The smallest absolute Gasteiger partial charge is 0.251 e. The third kappa shape index (κ3) is 4.18. The van der Waals surface area contributed by atoms with E-state index in [9.17, 15) is 4.79 Å². The van der Waals surface area contributed by atoms with Gasteiger partial charge in [-0.25, -0.2) is 4.98 Å². The number of hydrogen-bond acceptors (Lipinski definition) is 3. The summed E-state index contributed by atoms with van der Waals surface area (Å²) in [5.74, 6) is 0.909. The van der Waals surface area contributed by atoms with Crippen LogP contribution in [0, 0.1) is 11.8 Å². The SMILES string of the molecule is CC(C)[C@@H]1C[C@@H](CNC(=O)c2ccnc(Cl)c2)CCO1. The first-order chi connectivity index (χ1) is 9.56. The largest absolute Gasteiger partial charge is 0.378 e. The number of pyridine rings is 1. The van der Waals surface area contributed by atoms with Crippen molar-refractivity contribution in [2.75, 3.05) is 13.2 Å². The van der Waals surface area contributed by atoms with Crippen molar-refractivity contribution in [1.29, 1.82) is 0 Å². The molecule has 4 nitrogen and oxygen atoms in total. The number of nitrogens with one attached hydrogen (secondary N) is 1. The van der Waals surface area contributed by atoms with E-state index in [0.29, 0.717) is 35.2 Å². The zero-order valence-corrected chi connectivity index (χ0v) is 12.7. The Morgan fingerprint density at radius 2 is 2.40 bits per heavy atom. The zero-order chi connectivity index (χ0) is 14.5. The van der Waals surface area contributed by atoms with Gasteiger partial charge in [-0.1, -0.05) is 25.4 Å². The minimum Gasteiger partial charge on any atom is -0.378 e. The number of aromatic nitrogens is 1. The summed E-state index contributed by atoms with van der Waals surface area (Å²) in [6, 6.07) is 3.25. The summed E-state index contributed by atoms with van der Waals surface area (Å²) in [6.45, 7) is 5.81. The lowest BCUT2D eigenvalue weighted by Crippen LogP contribution is -2.36. The van der Waals surface area contributed by atoms with E-state index < -0.39 is 0 Å². The first-order valence-corrected chi connectivity index (χ1v) is 7.45. The van der Waals surface area contributed by atoms with Gasteiger partial charge < -0.3 is 10.1 Å². The van der Waals surface area contributed by atoms with Gasteiger partial charge in [0.05, 0.1) is 6.10 Å². The standard InChI is InChI=1S/C15H21ClN2O2/c1-10(2)13-7-11(4-6-20-13)9-18-15(19)12-3-5-17-14(16)8-12/h3,5,8,10-11,13H,4,6-7,9H2,1-2H3,(H,18,19)/t11-,13-/m0/s1. The van der Waals surface area contributed by atoms with Crippen molar-refractivity contribution < 1.29 is 9.53 Å². The van der Waals surface area contributed by atoms with Crippen molar-refractivity contribution >= 4 is 17.5 Å². The van der Waals surface area contributed by atoms with E-state index in [2.05, 4.69) is 24.1 Å². The Hall–Kier alpha value is -1.13. The van der Waals surface area contributed by atoms with E-state index >= 15 is 0 Å². The Bertz CT molecular complexity index is 465. The molecular weight excluding hydrogens is 276 g/mol. The number of carbonyl (C=O) groups is 1. The molecule has 1 aliphatic rings. The monoisotopic (exact) mass is 296 g/mol. The molecule has 0 unspecified atom stereocenters. The van der Waals surface area contributed by atoms with Crippen molar-refractivity contribution in [2.45, 2.75) is 32.8 Å². The molecule has 1 saturated heterocycles. The second-order valence-corrected chi connectivity index (χ2v) is 6.01. The van der Waals surface area contributed by atoms with Gasteiger partial charge in [-0.15, -0.1) is 0 Å².